The summed E-state index contributed by atoms with van der Waals surface area (Å²) in [5.74, 6) is 0.837. The molecule has 1 aliphatic carbocycles. The monoisotopic (exact) mass is 1150 g/mol. The van der Waals surface area contributed by atoms with Gasteiger partial charge in [-0.05, 0) is 117 Å². The highest BCUT2D eigenvalue weighted by atomic mass is 32.1. The fourth-order valence-corrected chi connectivity index (χ4v) is 13.5. The number of aliphatic hydroxyl groups excluding tert-OH is 1. The minimum atomic E-state index is -0.893. The number of hydrogen-bond acceptors (Lipinski definition) is 13. The Hall–Kier alpha value is -7.02. The summed E-state index contributed by atoms with van der Waals surface area (Å²) in [5.41, 5.74) is 10.7. The highest BCUT2D eigenvalue weighted by Crippen LogP contribution is 2.37. The number of β-amino-alcohol motifs (C(OH)–C–C–N with tert-alkyl or cyclic N) is 1. The highest BCUT2D eigenvalue weighted by molar-refractivity contribution is 7.22. The molecule has 6 heterocycles. The predicted molar refractivity (Wildman–Crippen MR) is 325 cm³/mol. The molecule has 3 aromatic carbocycles. The third-order valence-corrected chi connectivity index (χ3v) is 18.5. The van der Waals surface area contributed by atoms with Crippen LogP contribution in [0.3, 0.4) is 0 Å². The number of aliphatic hydroxyl groups is 1. The van der Waals surface area contributed by atoms with Crippen LogP contribution in [0.15, 0.2) is 90.6 Å². The molecule has 10 rings (SSSR count). The van der Waals surface area contributed by atoms with Crippen molar-refractivity contribution in [3.8, 4) is 27.4 Å². The van der Waals surface area contributed by atoms with Gasteiger partial charge in [-0.25, -0.2) is 9.97 Å². The molecule has 4 atom stereocenters. The van der Waals surface area contributed by atoms with E-state index in [0.717, 1.165) is 111 Å². The third kappa shape index (κ3) is 13.7. The maximum absolute atomic E-state index is 14.3. The molecule has 7 aromatic rings. The van der Waals surface area contributed by atoms with Gasteiger partial charge in [0, 0.05) is 61.4 Å². The van der Waals surface area contributed by atoms with Crippen molar-refractivity contribution in [2.75, 3.05) is 29.9 Å². The van der Waals surface area contributed by atoms with Gasteiger partial charge < -0.3 is 30.3 Å². The number of unbranched alkanes of at least 4 members (excludes halogenated alkanes) is 4. The number of anilines is 2. The maximum Gasteiger partial charge on any atom is 0.257 e. The van der Waals surface area contributed by atoms with Gasteiger partial charge in [0.15, 0.2) is 5.13 Å². The number of aromatic nitrogens is 5. The summed E-state index contributed by atoms with van der Waals surface area (Å²) < 4.78 is 9.81. The van der Waals surface area contributed by atoms with E-state index in [4.69, 9.17) is 14.8 Å². The molecule has 18 heteroatoms. The van der Waals surface area contributed by atoms with Gasteiger partial charge in [-0.1, -0.05) is 119 Å². The van der Waals surface area contributed by atoms with Gasteiger partial charge >= 0.3 is 0 Å². The van der Waals surface area contributed by atoms with E-state index >= 15 is 0 Å². The summed E-state index contributed by atoms with van der Waals surface area (Å²) in [5, 5.41) is 25.4. The molecule has 4 amide bonds. The van der Waals surface area contributed by atoms with E-state index in [-0.39, 0.29) is 49.1 Å². The first-order chi connectivity index (χ1) is 39.6. The summed E-state index contributed by atoms with van der Waals surface area (Å²) in [4.78, 5) is 74.6. The second kappa shape index (κ2) is 26.1. The quantitative estimate of drug-likeness (QED) is 0.0500. The Morgan fingerprint density at radius 3 is 2.41 bits per heavy atom. The number of fused-ring (bicyclic) bond motifs is 2. The number of benzene rings is 3. The van der Waals surface area contributed by atoms with Crippen molar-refractivity contribution < 1.29 is 29.0 Å². The Balaban J connectivity index is 0.733. The molecule has 1 saturated heterocycles. The van der Waals surface area contributed by atoms with Gasteiger partial charge in [0.05, 0.1) is 51.2 Å². The lowest BCUT2D eigenvalue weighted by atomic mass is 9.85. The molecule has 82 heavy (non-hydrogen) atoms. The number of amides is 4. The molecule has 0 radical (unpaired) electrons. The van der Waals surface area contributed by atoms with Crippen LogP contribution in [0.25, 0.3) is 31.8 Å². The lowest BCUT2D eigenvalue weighted by Gasteiger charge is -2.35. The van der Waals surface area contributed by atoms with E-state index < -0.39 is 23.6 Å². The number of pyridine rings is 1. The van der Waals surface area contributed by atoms with Gasteiger partial charge in [0.1, 0.15) is 17.9 Å². The topological polar surface area (TPSA) is 197 Å². The van der Waals surface area contributed by atoms with Gasteiger partial charge in [0.2, 0.25) is 23.6 Å². The molecular weight excluding hydrogens is 1070 g/mol. The molecule has 0 unspecified atom stereocenters. The van der Waals surface area contributed by atoms with Crippen molar-refractivity contribution in [1.29, 1.82) is 0 Å². The molecule has 0 spiro atoms. The Morgan fingerprint density at radius 1 is 0.866 bits per heavy atom. The minimum Gasteiger partial charge on any atom is -0.477 e. The number of aryl methyl sites for hydroxylation is 1. The zero-order valence-electron chi connectivity index (χ0n) is 48.2. The first kappa shape index (κ1) is 58.2. The van der Waals surface area contributed by atoms with Crippen LogP contribution in [0.5, 0.6) is 5.88 Å². The number of rotatable bonds is 21. The summed E-state index contributed by atoms with van der Waals surface area (Å²) in [6.45, 7) is 14.3. The molecule has 16 nitrogen and oxygen atoms in total. The normalized spacial score (nSPS) is 17.4. The van der Waals surface area contributed by atoms with Gasteiger partial charge in [-0.2, -0.15) is 10.1 Å². The van der Waals surface area contributed by atoms with Crippen molar-refractivity contribution in [1.82, 2.24) is 40.3 Å². The van der Waals surface area contributed by atoms with E-state index in [9.17, 15) is 24.3 Å². The molecule has 4 aromatic heterocycles. The molecule has 432 valence electrons. The number of ether oxygens (including phenoxy) is 1. The van der Waals surface area contributed by atoms with E-state index in [1.54, 1.807) is 11.3 Å². The number of hydrogen-bond donors (Lipinski definition) is 4. The fraction of sp³-hybridized carbons (Fsp3) is 0.469. The van der Waals surface area contributed by atoms with Crippen LogP contribution in [0, 0.1) is 25.2 Å². The SMILES string of the molecule is Cc1ncsc1-c1ccc([C@H](C)NC(=O)[C@@H]2C[C@@H](O)CN2C(=O)[C@@H](NC(=O)CCCCCCCOc2nc(N3CCc4cccc(C(=O)Nc5nc6ccccc6s5)c4C3)ccc2-c2cnn(CC3CCCCC3)c2C)C(C)(C)C)cc1. The number of nitrogens with one attached hydrogen (secondary N) is 3. The molecule has 4 N–H and O–H groups in total. The van der Waals surface area contributed by atoms with Crippen LogP contribution in [-0.2, 0) is 33.9 Å². The summed E-state index contributed by atoms with van der Waals surface area (Å²) >= 11 is 3.05. The average molecular weight is 1150 g/mol. The average Bonchev–Trinajstić information content (AvgIpc) is 4.41. The van der Waals surface area contributed by atoms with Crippen LogP contribution >= 0.6 is 22.7 Å². The fourth-order valence-electron chi connectivity index (χ4n) is 11.8. The van der Waals surface area contributed by atoms with Crippen molar-refractivity contribution in [3.05, 3.63) is 124 Å². The van der Waals surface area contributed by atoms with Crippen LogP contribution in [0.4, 0.5) is 10.9 Å². The molecular formula is C64H78N10O6S2. The number of para-hydroxylation sites is 1. The minimum absolute atomic E-state index is 0.0109. The van der Waals surface area contributed by atoms with Crippen molar-refractivity contribution in [3.63, 3.8) is 0 Å². The Bertz CT molecular complexity index is 3340. The highest BCUT2D eigenvalue weighted by Gasteiger charge is 2.45. The lowest BCUT2D eigenvalue weighted by molar-refractivity contribution is -0.144. The summed E-state index contributed by atoms with van der Waals surface area (Å²) in [7, 11) is 0. The second-order valence-corrected chi connectivity index (χ2v) is 25.5. The number of likely N-dealkylation sites (tertiary alicyclic amines) is 1. The van der Waals surface area contributed by atoms with Crippen LogP contribution in [-0.4, -0.2) is 96.3 Å². The molecule has 2 aliphatic heterocycles. The van der Waals surface area contributed by atoms with E-state index in [2.05, 4.69) is 60.6 Å². The largest absolute Gasteiger partial charge is 0.477 e. The summed E-state index contributed by atoms with van der Waals surface area (Å²) in [6.07, 6.45) is 12.6. The van der Waals surface area contributed by atoms with E-state index in [1.165, 1.54) is 48.3 Å². The third-order valence-electron chi connectivity index (χ3n) is 16.6. The Kier molecular flexibility index (Phi) is 18.5. The molecule has 2 fully saturated rings. The number of carbonyl (C=O) groups is 4. The van der Waals surface area contributed by atoms with Gasteiger partial charge in [-0.3, -0.25) is 29.2 Å². The predicted octanol–water partition coefficient (Wildman–Crippen LogP) is 11.8. The van der Waals surface area contributed by atoms with Gasteiger partial charge in [-0.15, -0.1) is 11.3 Å². The molecule has 3 aliphatic rings. The zero-order chi connectivity index (χ0) is 57.5. The Labute approximate surface area is 489 Å². The smallest absolute Gasteiger partial charge is 0.257 e. The van der Waals surface area contributed by atoms with E-state index in [1.807, 2.05) is 107 Å². The van der Waals surface area contributed by atoms with Crippen LogP contribution in [0.2, 0.25) is 0 Å². The van der Waals surface area contributed by atoms with Crippen LogP contribution < -0.4 is 25.6 Å². The maximum atomic E-state index is 14.3. The van der Waals surface area contributed by atoms with Crippen molar-refractivity contribution in [2.45, 2.75) is 162 Å². The first-order valence-electron chi connectivity index (χ1n) is 29.4. The zero-order valence-corrected chi connectivity index (χ0v) is 49.8. The first-order valence-corrected chi connectivity index (χ1v) is 31.1. The van der Waals surface area contributed by atoms with Crippen molar-refractivity contribution >= 4 is 67.5 Å². The van der Waals surface area contributed by atoms with Crippen molar-refractivity contribution in [2.24, 2.45) is 11.3 Å². The number of thiazole rings is 2. The van der Waals surface area contributed by atoms with Gasteiger partial charge in [0.25, 0.3) is 5.91 Å². The lowest BCUT2D eigenvalue weighted by Crippen LogP contribution is -2.57. The van der Waals surface area contributed by atoms with E-state index in [0.29, 0.717) is 42.1 Å². The van der Waals surface area contributed by atoms with Crippen LogP contribution in [0.1, 0.15) is 149 Å². The number of carbonyl (C=O) groups excluding carboxylic acids is 4. The summed E-state index contributed by atoms with van der Waals surface area (Å²) in [6, 6.07) is 23.9. The molecule has 1 saturated carbocycles. The standard InChI is InChI=1S/C64H78N10O6S2/c1-40(44-25-27-46(28-26-44)57-41(2)65-39-81-57)67-60(78)53-34-47(75)37-73(53)62(79)58(64(4,5)6)70-56(76)24-13-8-7-9-16-33-80-61-49(50-35-66-74(42(50)3)36-43-18-11-10-12-19-43)29-30-55(69-61)72-32-31-45-20-17-21-48(51(45)38-72)59(77)71-63-68-52-22-14-15-23-54(52)82-63/h14-15,17,20-23,25-30,35,39-40,43,47,53,58,75H,7-13,16,18-19,24,31-34,36-38H2,1-6H3,(H,67,78)(H,70,76)(H,68,71,77)/t40-,47+,53-,58+/m0/s1. The number of nitrogens with zero attached hydrogens (tertiary/aromatic N) is 7. The Morgan fingerprint density at radius 2 is 1.65 bits per heavy atom. The second-order valence-electron chi connectivity index (χ2n) is 23.7. The molecule has 0 bridgehead atoms.